The molecule has 1 saturated carbocycles. The minimum atomic E-state index is 0.333. The van der Waals surface area contributed by atoms with Crippen molar-refractivity contribution in [3.05, 3.63) is 17.5 Å². The van der Waals surface area contributed by atoms with Gasteiger partial charge >= 0.3 is 0 Å². The highest BCUT2D eigenvalue weighted by Crippen LogP contribution is 2.33. The molecule has 7 heteroatoms. The molecule has 0 spiro atoms. The number of hydrogen-bond acceptors (Lipinski definition) is 5. The third-order valence-electron chi connectivity index (χ3n) is 3.98. The van der Waals surface area contributed by atoms with Crippen LogP contribution in [0.2, 0.25) is 5.15 Å². The van der Waals surface area contributed by atoms with E-state index in [-0.39, 0.29) is 0 Å². The summed E-state index contributed by atoms with van der Waals surface area (Å²) < 4.78 is 7.60. The third kappa shape index (κ3) is 1.78. The summed E-state index contributed by atoms with van der Waals surface area (Å²) in [7, 11) is 0. The summed E-state index contributed by atoms with van der Waals surface area (Å²) in [4.78, 5) is 10.6. The van der Waals surface area contributed by atoms with Gasteiger partial charge in [0.1, 0.15) is 17.3 Å². The van der Waals surface area contributed by atoms with Crippen LogP contribution in [0, 0.1) is 0 Å². The minimum Gasteiger partial charge on any atom is -0.374 e. The molecule has 2 aromatic rings. The van der Waals surface area contributed by atoms with Crippen molar-refractivity contribution >= 4 is 23.2 Å². The molecule has 19 heavy (non-hydrogen) atoms. The highest BCUT2D eigenvalue weighted by molar-refractivity contribution is 6.29. The zero-order valence-corrected chi connectivity index (χ0v) is 11.1. The number of rotatable bonds is 1. The van der Waals surface area contributed by atoms with Gasteiger partial charge in [0.2, 0.25) is 0 Å². The van der Waals surface area contributed by atoms with Gasteiger partial charge in [-0.05, 0) is 19.3 Å². The van der Waals surface area contributed by atoms with Crippen LogP contribution in [0.5, 0.6) is 0 Å². The molecule has 0 amide bonds. The molecule has 0 N–H and O–H groups in total. The molecule has 2 aromatic heterocycles. The highest BCUT2D eigenvalue weighted by atomic mass is 35.5. The van der Waals surface area contributed by atoms with E-state index in [1.54, 1.807) is 4.52 Å². The number of morpholine rings is 1. The first kappa shape index (κ1) is 11.4. The monoisotopic (exact) mass is 279 g/mol. The van der Waals surface area contributed by atoms with Crippen LogP contribution in [-0.2, 0) is 4.74 Å². The van der Waals surface area contributed by atoms with Crippen molar-refractivity contribution in [3.63, 3.8) is 0 Å². The largest absolute Gasteiger partial charge is 0.374 e. The van der Waals surface area contributed by atoms with Crippen LogP contribution >= 0.6 is 11.6 Å². The molecule has 2 aliphatic rings. The van der Waals surface area contributed by atoms with Crippen molar-refractivity contribution in [1.82, 2.24) is 19.6 Å². The molecule has 2 fully saturated rings. The second-order valence-corrected chi connectivity index (χ2v) is 5.40. The van der Waals surface area contributed by atoms with Crippen LogP contribution in [0.25, 0.3) is 5.78 Å². The standard InChI is InChI=1S/C12H14ClN5O/c13-10-6-11(18-12(16-10)14-7-15-18)17-4-5-19-9-3-1-2-8(9)17/h6-9H,1-5H2. The molecule has 6 nitrogen and oxygen atoms in total. The van der Waals surface area contributed by atoms with Crippen LogP contribution in [0.3, 0.4) is 0 Å². The normalized spacial score (nSPS) is 26.9. The Morgan fingerprint density at radius 1 is 1.37 bits per heavy atom. The molecule has 100 valence electrons. The number of aromatic nitrogens is 4. The number of nitrogens with zero attached hydrogens (tertiary/aromatic N) is 5. The van der Waals surface area contributed by atoms with Crippen molar-refractivity contribution in [3.8, 4) is 0 Å². The van der Waals surface area contributed by atoms with Gasteiger partial charge in [0.15, 0.2) is 0 Å². The zero-order chi connectivity index (χ0) is 12.8. The van der Waals surface area contributed by atoms with E-state index < -0.39 is 0 Å². The summed E-state index contributed by atoms with van der Waals surface area (Å²) >= 11 is 6.09. The molecule has 2 unspecified atom stereocenters. The molecule has 1 saturated heterocycles. The molecule has 1 aliphatic carbocycles. The molecule has 1 aliphatic heterocycles. The molecule has 4 rings (SSSR count). The maximum Gasteiger partial charge on any atom is 0.255 e. The average molecular weight is 280 g/mol. The summed E-state index contributed by atoms with van der Waals surface area (Å²) in [6.07, 6.45) is 5.35. The fourth-order valence-electron chi connectivity index (χ4n) is 3.18. The maximum atomic E-state index is 6.09. The lowest BCUT2D eigenvalue weighted by Gasteiger charge is -2.38. The smallest absolute Gasteiger partial charge is 0.255 e. The molecule has 0 bridgehead atoms. The summed E-state index contributed by atoms with van der Waals surface area (Å²) in [6, 6.07) is 2.28. The van der Waals surface area contributed by atoms with Crippen molar-refractivity contribution < 1.29 is 4.74 Å². The van der Waals surface area contributed by atoms with Gasteiger partial charge < -0.3 is 9.64 Å². The van der Waals surface area contributed by atoms with Crippen LogP contribution in [0.1, 0.15) is 19.3 Å². The Kier molecular flexibility index (Phi) is 2.60. The predicted octanol–water partition coefficient (Wildman–Crippen LogP) is 1.54. The molecule has 0 radical (unpaired) electrons. The van der Waals surface area contributed by atoms with Crippen molar-refractivity contribution in [2.24, 2.45) is 0 Å². The van der Waals surface area contributed by atoms with E-state index in [1.807, 2.05) is 6.07 Å². The van der Waals surface area contributed by atoms with Crippen molar-refractivity contribution in [2.45, 2.75) is 31.4 Å². The molecule has 3 heterocycles. The fraction of sp³-hybridized carbons (Fsp3) is 0.583. The van der Waals surface area contributed by atoms with Gasteiger partial charge in [-0.15, -0.1) is 0 Å². The molecule has 0 aromatic carbocycles. The predicted molar refractivity (Wildman–Crippen MR) is 70.5 cm³/mol. The lowest BCUT2D eigenvalue weighted by Crippen LogP contribution is -2.49. The van der Waals surface area contributed by atoms with Gasteiger partial charge in [0.05, 0.1) is 18.8 Å². The van der Waals surface area contributed by atoms with E-state index in [2.05, 4.69) is 20.0 Å². The highest BCUT2D eigenvalue weighted by Gasteiger charge is 2.37. The van der Waals surface area contributed by atoms with Gasteiger partial charge in [-0.1, -0.05) is 11.6 Å². The third-order valence-corrected chi connectivity index (χ3v) is 4.17. The van der Waals surface area contributed by atoms with Gasteiger partial charge in [-0.25, -0.2) is 0 Å². The van der Waals surface area contributed by atoms with E-state index in [9.17, 15) is 0 Å². The summed E-state index contributed by atoms with van der Waals surface area (Å²) in [6.45, 7) is 1.60. The topological polar surface area (TPSA) is 55.6 Å². The van der Waals surface area contributed by atoms with Crippen LogP contribution in [-0.4, -0.2) is 44.9 Å². The first-order valence-electron chi connectivity index (χ1n) is 6.57. The van der Waals surface area contributed by atoms with E-state index in [0.717, 1.165) is 31.8 Å². The summed E-state index contributed by atoms with van der Waals surface area (Å²) in [5.74, 6) is 1.51. The maximum absolute atomic E-state index is 6.09. The lowest BCUT2D eigenvalue weighted by atomic mass is 10.1. The van der Waals surface area contributed by atoms with Gasteiger partial charge in [0, 0.05) is 12.6 Å². The lowest BCUT2D eigenvalue weighted by molar-refractivity contribution is 0.0251. The SMILES string of the molecule is Clc1cc(N2CCOC3CCCC32)n2ncnc2n1. The van der Waals surface area contributed by atoms with E-state index in [0.29, 0.717) is 23.1 Å². The van der Waals surface area contributed by atoms with Gasteiger partial charge in [-0.2, -0.15) is 19.6 Å². The Bertz CT molecular complexity index is 615. The van der Waals surface area contributed by atoms with Crippen LogP contribution < -0.4 is 4.90 Å². The van der Waals surface area contributed by atoms with Crippen LogP contribution in [0.4, 0.5) is 5.82 Å². The van der Waals surface area contributed by atoms with Crippen molar-refractivity contribution in [2.75, 3.05) is 18.1 Å². The number of fused-ring (bicyclic) bond motifs is 2. The second-order valence-electron chi connectivity index (χ2n) is 5.01. The first-order chi connectivity index (χ1) is 9.33. The second kappa shape index (κ2) is 4.31. The average Bonchev–Trinajstić information content (AvgIpc) is 3.04. The Labute approximate surface area is 115 Å². The Hall–Kier alpha value is -1.40. The molecular formula is C12H14ClN5O. The first-order valence-corrected chi connectivity index (χ1v) is 6.95. The van der Waals surface area contributed by atoms with E-state index in [1.165, 1.54) is 12.7 Å². The Balaban J connectivity index is 1.82. The number of halogens is 1. The molecule has 2 atom stereocenters. The fourth-order valence-corrected chi connectivity index (χ4v) is 3.36. The van der Waals surface area contributed by atoms with E-state index in [4.69, 9.17) is 16.3 Å². The van der Waals surface area contributed by atoms with Crippen LogP contribution in [0.15, 0.2) is 12.4 Å². The number of anilines is 1. The Morgan fingerprint density at radius 2 is 2.32 bits per heavy atom. The molecular weight excluding hydrogens is 266 g/mol. The Morgan fingerprint density at radius 3 is 3.26 bits per heavy atom. The van der Waals surface area contributed by atoms with Crippen molar-refractivity contribution in [1.29, 1.82) is 0 Å². The van der Waals surface area contributed by atoms with E-state index >= 15 is 0 Å². The minimum absolute atomic E-state index is 0.333. The summed E-state index contributed by atoms with van der Waals surface area (Å²) in [5.41, 5.74) is 0. The zero-order valence-electron chi connectivity index (χ0n) is 10.4. The number of hydrogen-bond donors (Lipinski definition) is 0. The quantitative estimate of drug-likeness (QED) is 0.741. The number of ether oxygens (including phenoxy) is 1. The van der Waals surface area contributed by atoms with Gasteiger partial charge in [-0.3, -0.25) is 0 Å². The summed E-state index contributed by atoms with van der Waals surface area (Å²) in [5, 5.41) is 4.71. The van der Waals surface area contributed by atoms with Gasteiger partial charge in [0.25, 0.3) is 5.78 Å².